The van der Waals surface area contributed by atoms with Gasteiger partial charge >= 0.3 is 11.9 Å². The first-order chi connectivity index (χ1) is 7.95. The van der Waals surface area contributed by atoms with Crippen molar-refractivity contribution in [2.75, 3.05) is 7.11 Å². The van der Waals surface area contributed by atoms with Crippen molar-refractivity contribution in [3.8, 4) is 0 Å². The van der Waals surface area contributed by atoms with Gasteiger partial charge < -0.3 is 15.6 Å². The number of carbonyl (C=O) groups is 2. The van der Waals surface area contributed by atoms with Crippen molar-refractivity contribution in [1.29, 1.82) is 0 Å². The Morgan fingerprint density at radius 2 is 2.18 bits per heavy atom. The third-order valence-electron chi connectivity index (χ3n) is 2.22. The lowest BCUT2D eigenvalue weighted by Crippen LogP contribution is -2.33. The van der Waals surface area contributed by atoms with Gasteiger partial charge in [0.2, 0.25) is 0 Å². The van der Waals surface area contributed by atoms with Crippen LogP contribution in [0.1, 0.15) is 15.9 Å². The highest BCUT2D eigenvalue weighted by atomic mass is 19.1. The molecule has 0 aliphatic rings. The summed E-state index contributed by atoms with van der Waals surface area (Å²) in [7, 11) is 1.20. The Bertz CT molecular complexity index is 447. The number of carboxylic acids is 1. The maximum atomic E-state index is 13.1. The molecule has 0 saturated heterocycles. The number of aromatic carboxylic acids is 1. The van der Waals surface area contributed by atoms with Crippen molar-refractivity contribution in [3.63, 3.8) is 0 Å². The molecule has 5 nitrogen and oxygen atoms in total. The van der Waals surface area contributed by atoms with Gasteiger partial charge in [0.1, 0.15) is 11.9 Å². The number of nitrogens with two attached hydrogens (primary N) is 1. The van der Waals surface area contributed by atoms with E-state index in [2.05, 4.69) is 4.74 Å². The summed E-state index contributed by atoms with van der Waals surface area (Å²) in [4.78, 5) is 21.8. The molecule has 0 saturated carbocycles. The third kappa shape index (κ3) is 3.25. The summed E-state index contributed by atoms with van der Waals surface area (Å²) in [5.74, 6) is -2.80. The number of halogens is 1. The van der Waals surface area contributed by atoms with Crippen molar-refractivity contribution in [2.45, 2.75) is 12.5 Å². The zero-order valence-corrected chi connectivity index (χ0v) is 9.14. The lowest BCUT2D eigenvalue weighted by atomic mass is 10.0. The van der Waals surface area contributed by atoms with Crippen molar-refractivity contribution < 1.29 is 23.8 Å². The van der Waals surface area contributed by atoms with Crippen molar-refractivity contribution in [3.05, 3.63) is 35.1 Å². The van der Waals surface area contributed by atoms with Gasteiger partial charge in [0.25, 0.3) is 0 Å². The number of rotatable bonds is 4. The minimum atomic E-state index is -1.36. The molecule has 0 bridgehead atoms. The van der Waals surface area contributed by atoms with Gasteiger partial charge in [0.05, 0.1) is 12.7 Å². The van der Waals surface area contributed by atoms with E-state index in [1.807, 2.05) is 0 Å². The summed E-state index contributed by atoms with van der Waals surface area (Å²) >= 11 is 0. The summed E-state index contributed by atoms with van der Waals surface area (Å²) in [6, 6.07) is 2.67. The van der Waals surface area contributed by atoms with Gasteiger partial charge in [0, 0.05) is 0 Å². The molecule has 0 aliphatic heterocycles. The van der Waals surface area contributed by atoms with E-state index < -0.39 is 29.4 Å². The first kappa shape index (κ1) is 13.1. The van der Waals surface area contributed by atoms with E-state index in [9.17, 15) is 14.0 Å². The molecule has 92 valence electrons. The molecule has 0 fully saturated rings. The molecule has 1 rings (SSSR count). The highest BCUT2D eigenvalue weighted by molar-refractivity contribution is 5.88. The molecule has 1 aromatic carbocycles. The zero-order valence-electron chi connectivity index (χ0n) is 9.14. The third-order valence-corrected chi connectivity index (χ3v) is 2.22. The number of methoxy groups -OCH3 is 1. The predicted molar refractivity (Wildman–Crippen MR) is 57.1 cm³/mol. The van der Waals surface area contributed by atoms with Crippen molar-refractivity contribution in [1.82, 2.24) is 0 Å². The van der Waals surface area contributed by atoms with Gasteiger partial charge in [-0.05, 0) is 24.1 Å². The van der Waals surface area contributed by atoms with Crippen LogP contribution in [0.3, 0.4) is 0 Å². The molecule has 0 aliphatic carbocycles. The van der Waals surface area contributed by atoms with Crippen LogP contribution < -0.4 is 5.73 Å². The minimum Gasteiger partial charge on any atom is -0.478 e. The van der Waals surface area contributed by atoms with Crippen LogP contribution in [0.15, 0.2) is 18.2 Å². The van der Waals surface area contributed by atoms with Crippen LogP contribution in [0.4, 0.5) is 4.39 Å². The van der Waals surface area contributed by atoms with Gasteiger partial charge in [-0.2, -0.15) is 0 Å². The molecule has 0 spiro atoms. The van der Waals surface area contributed by atoms with Crippen LogP contribution in [-0.4, -0.2) is 30.2 Å². The van der Waals surface area contributed by atoms with Crippen LogP contribution in [0.5, 0.6) is 0 Å². The van der Waals surface area contributed by atoms with Gasteiger partial charge in [-0.3, -0.25) is 4.79 Å². The summed E-state index contributed by atoms with van der Waals surface area (Å²) < 4.78 is 17.5. The van der Waals surface area contributed by atoms with Crippen LogP contribution >= 0.6 is 0 Å². The molecular formula is C11H12FNO4. The van der Waals surface area contributed by atoms with E-state index in [0.717, 1.165) is 12.1 Å². The van der Waals surface area contributed by atoms with E-state index in [1.165, 1.54) is 13.2 Å². The molecule has 0 unspecified atom stereocenters. The normalized spacial score (nSPS) is 11.9. The van der Waals surface area contributed by atoms with Crippen LogP contribution in [-0.2, 0) is 16.0 Å². The topological polar surface area (TPSA) is 89.6 Å². The highest BCUT2D eigenvalue weighted by Gasteiger charge is 2.16. The molecule has 1 aromatic rings. The minimum absolute atomic E-state index is 0.0905. The second kappa shape index (κ2) is 5.40. The first-order valence-corrected chi connectivity index (χ1v) is 4.81. The average Bonchev–Trinajstić information content (AvgIpc) is 2.30. The molecule has 0 amide bonds. The monoisotopic (exact) mass is 241 g/mol. The Morgan fingerprint density at radius 3 is 2.71 bits per heavy atom. The number of hydrogen-bond donors (Lipinski definition) is 2. The van der Waals surface area contributed by atoms with Gasteiger partial charge in [0.15, 0.2) is 0 Å². The Labute approximate surface area is 97.0 Å². The number of hydrogen-bond acceptors (Lipinski definition) is 4. The Hall–Kier alpha value is -1.95. The SMILES string of the molecule is COC(=O)[C@H](N)Cc1ccc(F)c(C(=O)O)c1. The molecule has 6 heteroatoms. The lowest BCUT2D eigenvalue weighted by molar-refractivity contribution is -0.142. The standard InChI is InChI=1S/C11H12FNO4/c1-17-11(16)9(13)5-6-2-3-8(12)7(4-6)10(14)15/h2-4,9H,5,13H2,1H3,(H,14,15)/t9-/m1/s1. The number of ether oxygens (including phenoxy) is 1. The first-order valence-electron chi connectivity index (χ1n) is 4.81. The second-order valence-electron chi connectivity index (χ2n) is 3.45. The van der Waals surface area contributed by atoms with Crippen LogP contribution in [0.2, 0.25) is 0 Å². The molecule has 0 aromatic heterocycles. The average molecular weight is 241 g/mol. The quantitative estimate of drug-likeness (QED) is 0.752. The number of carbonyl (C=O) groups excluding carboxylic acids is 1. The second-order valence-corrected chi connectivity index (χ2v) is 3.45. The maximum Gasteiger partial charge on any atom is 0.338 e. The van der Waals surface area contributed by atoms with Crippen molar-refractivity contribution in [2.24, 2.45) is 5.73 Å². The molecule has 1 atom stereocenters. The Morgan fingerprint density at radius 1 is 1.53 bits per heavy atom. The van der Waals surface area contributed by atoms with E-state index in [4.69, 9.17) is 10.8 Å². The Balaban J connectivity index is 2.90. The van der Waals surface area contributed by atoms with E-state index in [-0.39, 0.29) is 6.42 Å². The van der Waals surface area contributed by atoms with Gasteiger partial charge in [-0.25, -0.2) is 9.18 Å². The molecule has 3 N–H and O–H groups in total. The van der Waals surface area contributed by atoms with E-state index in [0.29, 0.717) is 5.56 Å². The molecular weight excluding hydrogens is 229 g/mol. The number of esters is 1. The summed E-state index contributed by atoms with van der Waals surface area (Å²) in [6.45, 7) is 0. The van der Waals surface area contributed by atoms with E-state index >= 15 is 0 Å². The number of benzene rings is 1. The number of carboxylic acid groups (broad SMARTS) is 1. The summed E-state index contributed by atoms with van der Waals surface area (Å²) in [6.07, 6.45) is 0.0905. The van der Waals surface area contributed by atoms with Gasteiger partial charge in [-0.15, -0.1) is 0 Å². The fourth-order valence-corrected chi connectivity index (χ4v) is 1.35. The van der Waals surface area contributed by atoms with Crippen molar-refractivity contribution >= 4 is 11.9 Å². The predicted octanol–water partition coefficient (Wildman–Crippen LogP) is 0.567. The fourth-order valence-electron chi connectivity index (χ4n) is 1.35. The van der Waals surface area contributed by atoms with Gasteiger partial charge in [-0.1, -0.05) is 6.07 Å². The molecule has 17 heavy (non-hydrogen) atoms. The maximum absolute atomic E-state index is 13.1. The summed E-state index contributed by atoms with van der Waals surface area (Å²) in [5, 5.41) is 8.72. The molecule has 0 radical (unpaired) electrons. The summed E-state index contributed by atoms with van der Waals surface area (Å²) in [5.41, 5.74) is 5.52. The van der Waals surface area contributed by atoms with Crippen LogP contribution in [0, 0.1) is 5.82 Å². The lowest BCUT2D eigenvalue weighted by Gasteiger charge is -2.09. The Kier molecular flexibility index (Phi) is 4.17. The largest absolute Gasteiger partial charge is 0.478 e. The van der Waals surface area contributed by atoms with E-state index in [1.54, 1.807) is 0 Å². The van der Waals surface area contributed by atoms with Crippen LogP contribution in [0.25, 0.3) is 0 Å². The smallest absolute Gasteiger partial charge is 0.338 e. The molecule has 0 heterocycles. The zero-order chi connectivity index (χ0) is 13.0. The highest BCUT2D eigenvalue weighted by Crippen LogP contribution is 2.12. The fraction of sp³-hybridized carbons (Fsp3) is 0.273.